The number of anilines is 1. The van der Waals surface area contributed by atoms with Crippen LogP contribution in [0.4, 0.5) is 18.9 Å². The fraction of sp³-hybridized carbons (Fsp3) is 0.343. The van der Waals surface area contributed by atoms with Crippen LogP contribution in [0.15, 0.2) is 84.5 Å². The van der Waals surface area contributed by atoms with Crippen molar-refractivity contribution in [3.8, 4) is 0 Å². The lowest BCUT2D eigenvalue weighted by atomic mass is 9.82. The Bertz CT molecular complexity index is 1390. The van der Waals surface area contributed by atoms with Crippen LogP contribution in [-0.4, -0.2) is 12.3 Å². The maximum Gasteiger partial charge on any atom is 0.273 e. The molecule has 0 radical (unpaired) electrons. The summed E-state index contributed by atoms with van der Waals surface area (Å²) >= 11 is 6.48. The maximum atomic E-state index is 13.9. The first-order valence-corrected chi connectivity index (χ1v) is 14.7. The van der Waals surface area contributed by atoms with E-state index in [0.717, 1.165) is 35.2 Å². The Labute approximate surface area is 246 Å². The fourth-order valence-electron chi connectivity index (χ4n) is 5.39. The van der Waals surface area contributed by atoms with Crippen LogP contribution in [0.1, 0.15) is 80.5 Å². The molecule has 41 heavy (non-hydrogen) atoms. The van der Waals surface area contributed by atoms with Crippen molar-refractivity contribution in [2.45, 2.75) is 70.6 Å². The highest BCUT2D eigenvalue weighted by Gasteiger charge is 2.28. The number of hydrogen-bond acceptors (Lipinski definition) is 2. The number of ketones is 1. The number of alkyl halides is 2. The first-order valence-electron chi connectivity index (χ1n) is 14.4. The second-order valence-corrected chi connectivity index (χ2v) is 11.0. The van der Waals surface area contributed by atoms with Crippen LogP contribution in [0.2, 0.25) is 5.02 Å². The summed E-state index contributed by atoms with van der Waals surface area (Å²) in [5, 5.41) is 3.82. The Morgan fingerprint density at radius 2 is 1.73 bits per heavy atom. The van der Waals surface area contributed by atoms with Crippen LogP contribution < -0.4 is 5.32 Å². The monoisotopic (exact) mass is 579 g/mol. The van der Waals surface area contributed by atoms with E-state index in [-0.39, 0.29) is 29.5 Å². The van der Waals surface area contributed by atoms with E-state index in [0.29, 0.717) is 37.3 Å². The highest BCUT2D eigenvalue weighted by Crippen LogP contribution is 2.39. The van der Waals surface area contributed by atoms with Gasteiger partial charge < -0.3 is 5.32 Å². The van der Waals surface area contributed by atoms with E-state index < -0.39 is 5.92 Å². The summed E-state index contributed by atoms with van der Waals surface area (Å²) in [5.41, 5.74) is 6.50. The Balaban J connectivity index is 1.50. The molecule has 0 saturated heterocycles. The van der Waals surface area contributed by atoms with E-state index in [9.17, 15) is 18.0 Å². The molecule has 2 nitrogen and oxygen atoms in total. The molecule has 1 atom stereocenters. The third-order valence-electron chi connectivity index (χ3n) is 7.91. The third-order valence-corrected chi connectivity index (χ3v) is 8.24. The van der Waals surface area contributed by atoms with E-state index in [1.54, 1.807) is 24.3 Å². The van der Waals surface area contributed by atoms with Gasteiger partial charge in [-0.25, -0.2) is 13.2 Å². The largest absolute Gasteiger partial charge is 0.385 e. The molecular weight excluding hydrogens is 543 g/mol. The molecule has 3 aromatic rings. The number of benzene rings is 3. The quantitative estimate of drug-likeness (QED) is 0.273. The van der Waals surface area contributed by atoms with Gasteiger partial charge in [0.2, 0.25) is 0 Å². The number of rotatable bonds is 9. The average Bonchev–Trinajstić information content (AvgIpc) is 2.97. The Morgan fingerprint density at radius 3 is 2.39 bits per heavy atom. The third kappa shape index (κ3) is 8.13. The first-order chi connectivity index (χ1) is 19.7. The molecule has 0 fully saturated rings. The highest BCUT2D eigenvalue weighted by molar-refractivity contribution is 6.31. The van der Waals surface area contributed by atoms with E-state index >= 15 is 0 Å². The SMILES string of the molecule is CC/C1=C(\c2ccc(NCCc3ccc(C(F)(F)CC)cc3)cc2)CC(c2ccc(F)cc2Cl)CCC(=O)/C=C\C1. The van der Waals surface area contributed by atoms with Crippen molar-refractivity contribution in [1.82, 2.24) is 0 Å². The molecule has 1 N–H and O–H groups in total. The number of carbonyl (C=O) groups excluding carboxylic acids is 1. The number of carbonyl (C=O) groups is 1. The fourth-order valence-corrected chi connectivity index (χ4v) is 5.71. The molecule has 6 heteroatoms. The number of nitrogens with one attached hydrogen (secondary N) is 1. The maximum absolute atomic E-state index is 13.9. The second-order valence-electron chi connectivity index (χ2n) is 10.6. The lowest BCUT2D eigenvalue weighted by Gasteiger charge is -2.24. The Morgan fingerprint density at radius 1 is 1.00 bits per heavy atom. The summed E-state index contributed by atoms with van der Waals surface area (Å²) in [4.78, 5) is 12.4. The number of allylic oxidation sites excluding steroid dienone is 4. The summed E-state index contributed by atoms with van der Waals surface area (Å²) in [5.74, 6) is -3.09. The van der Waals surface area contributed by atoms with E-state index in [1.165, 1.54) is 42.3 Å². The topological polar surface area (TPSA) is 29.1 Å². The normalized spacial score (nSPS) is 19.2. The zero-order valence-electron chi connectivity index (χ0n) is 23.7. The summed E-state index contributed by atoms with van der Waals surface area (Å²) < 4.78 is 41.6. The van der Waals surface area contributed by atoms with Gasteiger partial charge in [-0.3, -0.25) is 4.79 Å². The molecule has 0 heterocycles. The van der Waals surface area contributed by atoms with Crippen molar-refractivity contribution in [3.05, 3.63) is 118 Å². The van der Waals surface area contributed by atoms with Gasteiger partial charge in [-0.05, 0) is 90.6 Å². The van der Waals surface area contributed by atoms with Gasteiger partial charge in [0.15, 0.2) is 5.78 Å². The lowest BCUT2D eigenvalue weighted by Crippen LogP contribution is -2.11. The van der Waals surface area contributed by atoms with Crippen molar-refractivity contribution in [2.24, 2.45) is 0 Å². The van der Waals surface area contributed by atoms with Crippen LogP contribution >= 0.6 is 11.6 Å². The van der Waals surface area contributed by atoms with Gasteiger partial charge in [0, 0.05) is 35.7 Å². The van der Waals surface area contributed by atoms with Crippen molar-refractivity contribution in [1.29, 1.82) is 0 Å². The molecule has 4 rings (SSSR count). The summed E-state index contributed by atoms with van der Waals surface area (Å²) in [6, 6.07) is 19.4. The molecule has 216 valence electrons. The highest BCUT2D eigenvalue weighted by atomic mass is 35.5. The minimum absolute atomic E-state index is 0.0171. The first kappa shape index (κ1) is 30.6. The minimum Gasteiger partial charge on any atom is -0.385 e. The molecular formula is C35H37ClF3NO. The molecule has 0 aliphatic heterocycles. The summed E-state index contributed by atoms with van der Waals surface area (Å²) in [7, 11) is 0. The predicted octanol–water partition coefficient (Wildman–Crippen LogP) is 10.3. The molecule has 1 aliphatic rings. The van der Waals surface area contributed by atoms with Crippen LogP contribution in [0.3, 0.4) is 0 Å². The van der Waals surface area contributed by atoms with Gasteiger partial charge in [-0.2, -0.15) is 0 Å². The van der Waals surface area contributed by atoms with E-state index in [4.69, 9.17) is 11.6 Å². The number of hydrogen-bond donors (Lipinski definition) is 1. The van der Waals surface area contributed by atoms with Gasteiger partial charge in [0.05, 0.1) is 0 Å². The Hall–Kier alpha value is -3.31. The van der Waals surface area contributed by atoms with Gasteiger partial charge in [0.25, 0.3) is 5.92 Å². The van der Waals surface area contributed by atoms with E-state index in [2.05, 4.69) is 36.5 Å². The standard InChI is InChI=1S/C35H37ClF3NO/c1-3-25-6-5-7-31(41)18-12-27(32-19-15-29(37)23-34(32)36)22-33(25)26-10-16-30(17-11-26)40-21-20-24-8-13-28(14-9-24)35(38,39)4-2/h5,7-11,13-17,19,23,27,40H,3-4,6,12,18,20-22H2,1-2H3/b7-5-,33-25+. The molecule has 0 bridgehead atoms. The molecule has 3 aromatic carbocycles. The zero-order chi connectivity index (χ0) is 29.4. The van der Waals surface area contributed by atoms with Crippen LogP contribution in [0, 0.1) is 5.82 Å². The van der Waals surface area contributed by atoms with Crippen molar-refractivity contribution in [3.63, 3.8) is 0 Å². The van der Waals surface area contributed by atoms with E-state index in [1.807, 2.05) is 6.08 Å². The summed E-state index contributed by atoms with van der Waals surface area (Å²) in [6.45, 7) is 4.29. The molecule has 1 aliphatic carbocycles. The van der Waals surface area contributed by atoms with Crippen molar-refractivity contribution in [2.75, 3.05) is 11.9 Å². The lowest BCUT2D eigenvalue weighted by molar-refractivity contribution is -0.114. The van der Waals surface area contributed by atoms with Crippen molar-refractivity contribution < 1.29 is 18.0 Å². The molecule has 0 spiro atoms. The predicted molar refractivity (Wildman–Crippen MR) is 163 cm³/mol. The minimum atomic E-state index is -2.79. The molecule has 0 saturated carbocycles. The van der Waals surface area contributed by atoms with Gasteiger partial charge >= 0.3 is 0 Å². The molecule has 1 unspecified atom stereocenters. The van der Waals surface area contributed by atoms with Gasteiger partial charge in [0.1, 0.15) is 5.82 Å². The van der Waals surface area contributed by atoms with Gasteiger partial charge in [-0.15, -0.1) is 0 Å². The summed E-state index contributed by atoms with van der Waals surface area (Å²) in [6.07, 6.45) is 7.44. The number of halogens is 4. The van der Waals surface area contributed by atoms with Crippen LogP contribution in [0.5, 0.6) is 0 Å². The van der Waals surface area contributed by atoms with Crippen LogP contribution in [0.25, 0.3) is 5.57 Å². The van der Waals surface area contributed by atoms with Gasteiger partial charge in [-0.1, -0.05) is 79.6 Å². The smallest absolute Gasteiger partial charge is 0.273 e. The second kappa shape index (κ2) is 14.0. The Kier molecular flexibility index (Phi) is 10.5. The van der Waals surface area contributed by atoms with Crippen LogP contribution in [-0.2, 0) is 17.1 Å². The zero-order valence-corrected chi connectivity index (χ0v) is 24.4. The van der Waals surface area contributed by atoms with Crippen molar-refractivity contribution >= 4 is 28.6 Å². The molecule has 0 amide bonds. The average molecular weight is 580 g/mol. The molecule has 0 aromatic heterocycles.